The Bertz CT molecular complexity index is 1420. The van der Waals surface area contributed by atoms with Crippen molar-refractivity contribution in [2.45, 2.75) is 122 Å². The molecular formula is C38H57N5O7S. The lowest BCUT2D eigenvalue weighted by Crippen LogP contribution is -2.66. The van der Waals surface area contributed by atoms with Gasteiger partial charge in [-0.3, -0.25) is 19.2 Å². The maximum Gasteiger partial charge on any atom is 0.316 e. The van der Waals surface area contributed by atoms with Crippen molar-refractivity contribution >= 4 is 40.7 Å². The Morgan fingerprint density at radius 1 is 1.18 bits per heavy atom. The van der Waals surface area contributed by atoms with Crippen LogP contribution in [0.4, 0.5) is 4.79 Å². The fourth-order valence-electron chi connectivity index (χ4n) is 6.80. The van der Waals surface area contributed by atoms with Crippen molar-refractivity contribution in [2.75, 3.05) is 18.8 Å². The lowest BCUT2D eigenvalue weighted by molar-refractivity contribution is -0.151. The van der Waals surface area contributed by atoms with Crippen molar-refractivity contribution in [3.8, 4) is 12.3 Å². The van der Waals surface area contributed by atoms with Crippen molar-refractivity contribution < 1.29 is 32.9 Å². The lowest BCUT2D eigenvalue weighted by atomic mass is 9.71. The van der Waals surface area contributed by atoms with Crippen LogP contribution in [-0.4, -0.2) is 81.5 Å². The molecule has 5 amide bonds. The van der Waals surface area contributed by atoms with Gasteiger partial charge in [-0.25, -0.2) is 4.79 Å². The first-order valence-corrected chi connectivity index (χ1v) is 19.3. The number of hydrogen-bond donors (Lipinski definition) is 4. The van der Waals surface area contributed by atoms with Gasteiger partial charge in [-0.1, -0.05) is 66.9 Å². The molecule has 13 heteroatoms. The second-order valence-corrected chi connectivity index (χ2v) is 17.3. The number of carbonyl (C=O) groups excluding carboxylic acids is 5. The van der Waals surface area contributed by atoms with E-state index in [1.807, 2.05) is 41.5 Å². The molecule has 0 bridgehead atoms. The highest BCUT2D eigenvalue weighted by Gasteiger charge is 2.48. The van der Waals surface area contributed by atoms with Crippen molar-refractivity contribution in [1.82, 2.24) is 26.2 Å². The molecule has 3 unspecified atom stereocenters. The minimum atomic E-state index is -1.30. The number of Topliss-reactive ketones (excluding diaryl/α,β-unsaturated/α-hetero) is 1. The molecule has 51 heavy (non-hydrogen) atoms. The number of hydrogen-bond acceptors (Lipinski definition) is 7. The average Bonchev–Trinajstić information content (AvgIpc) is 3.57. The summed E-state index contributed by atoms with van der Waals surface area (Å²) in [5.41, 5.74) is -1.82. The van der Waals surface area contributed by atoms with E-state index in [-0.39, 0.29) is 55.2 Å². The molecule has 2 aliphatic rings. The molecule has 1 aromatic rings. The number of amides is 5. The number of urea groups is 1. The molecule has 0 radical (unpaired) electrons. The first-order chi connectivity index (χ1) is 23.9. The van der Waals surface area contributed by atoms with E-state index in [1.54, 1.807) is 12.1 Å². The highest BCUT2D eigenvalue weighted by molar-refractivity contribution is 7.90. The highest BCUT2D eigenvalue weighted by Crippen LogP contribution is 2.40. The zero-order valence-corrected chi connectivity index (χ0v) is 31.9. The summed E-state index contributed by atoms with van der Waals surface area (Å²) in [4.78, 5) is 69.5. The Morgan fingerprint density at radius 2 is 1.86 bits per heavy atom. The van der Waals surface area contributed by atoms with Crippen LogP contribution in [0.2, 0.25) is 0 Å². The molecule has 282 valence electrons. The number of terminal acetylenes is 1. The lowest BCUT2D eigenvalue weighted by Gasteiger charge is -2.49. The van der Waals surface area contributed by atoms with Crippen molar-refractivity contribution in [2.24, 2.45) is 16.7 Å². The molecule has 1 saturated carbocycles. The van der Waals surface area contributed by atoms with Crippen LogP contribution >= 0.6 is 0 Å². The number of ketones is 1. The summed E-state index contributed by atoms with van der Waals surface area (Å²) in [5.74, 6) is 0.834. The van der Waals surface area contributed by atoms with Crippen LogP contribution in [0.1, 0.15) is 98.7 Å². The van der Waals surface area contributed by atoms with Crippen LogP contribution in [-0.2, 0) is 36.1 Å². The molecule has 2 fully saturated rings. The molecule has 1 aliphatic heterocycles. The molecular weight excluding hydrogens is 671 g/mol. The van der Waals surface area contributed by atoms with E-state index in [1.165, 1.54) is 17.2 Å². The third kappa shape index (κ3) is 11.6. The topological polar surface area (TPSA) is 173 Å². The van der Waals surface area contributed by atoms with Gasteiger partial charge in [-0.2, -0.15) is 0 Å². The number of likely N-dealkylation sites (tertiary alicyclic amines) is 1. The minimum absolute atomic E-state index is 0.00172. The van der Waals surface area contributed by atoms with Gasteiger partial charge in [0.25, 0.3) is 5.91 Å². The van der Waals surface area contributed by atoms with E-state index < -0.39 is 69.8 Å². The predicted molar refractivity (Wildman–Crippen MR) is 197 cm³/mol. The van der Waals surface area contributed by atoms with Gasteiger partial charge in [0.15, 0.2) is 11.5 Å². The van der Waals surface area contributed by atoms with Gasteiger partial charge in [0.2, 0.25) is 17.6 Å². The summed E-state index contributed by atoms with van der Waals surface area (Å²) in [7, 11) is 0. The second kappa shape index (κ2) is 18.1. The van der Waals surface area contributed by atoms with Crippen molar-refractivity contribution in [3.63, 3.8) is 0 Å². The van der Waals surface area contributed by atoms with Crippen LogP contribution in [0.5, 0.6) is 0 Å². The van der Waals surface area contributed by atoms with Gasteiger partial charge in [-0.15, -0.1) is 18.9 Å². The zero-order chi connectivity index (χ0) is 38.0. The number of rotatable bonds is 15. The Morgan fingerprint density at radius 3 is 2.45 bits per heavy atom. The van der Waals surface area contributed by atoms with Gasteiger partial charge < -0.3 is 35.1 Å². The van der Waals surface area contributed by atoms with Gasteiger partial charge >= 0.3 is 6.03 Å². The number of furan rings is 1. The second-order valence-electron chi connectivity index (χ2n) is 15.8. The van der Waals surface area contributed by atoms with E-state index in [9.17, 15) is 28.5 Å². The summed E-state index contributed by atoms with van der Waals surface area (Å²) in [6, 6.07) is -0.221. The first kappa shape index (κ1) is 41.7. The fourth-order valence-corrected chi connectivity index (χ4v) is 8.36. The highest BCUT2D eigenvalue weighted by atomic mass is 32.2. The van der Waals surface area contributed by atoms with Crippen LogP contribution in [0.3, 0.4) is 0 Å². The van der Waals surface area contributed by atoms with E-state index in [0.717, 1.165) is 19.3 Å². The number of nitrogens with zero attached hydrogens (tertiary/aromatic N) is 1. The van der Waals surface area contributed by atoms with Crippen molar-refractivity contribution in [1.29, 1.82) is 0 Å². The Balaban J connectivity index is 1.85. The SMILES string of the molecule is C#CCCC(NC(=O)[C@@H]1CC(C)(C)C(C)CN1C(=O)[C@@H](NC(=O)NC1(C[S+]([O-])Cc2ccco2)CCCCC1)C(C)(C)C)C(=O)C(=O)NCC=C. The van der Waals surface area contributed by atoms with E-state index in [4.69, 9.17) is 10.8 Å². The maximum atomic E-state index is 14.6. The summed E-state index contributed by atoms with van der Waals surface area (Å²) >= 11 is -1.30. The summed E-state index contributed by atoms with van der Waals surface area (Å²) in [5, 5.41) is 11.2. The van der Waals surface area contributed by atoms with Crippen LogP contribution in [0.25, 0.3) is 0 Å². The molecule has 1 saturated heterocycles. The molecule has 0 aromatic carbocycles. The minimum Gasteiger partial charge on any atom is -0.616 e. The Labute approximate surface area is 306 Å². The van der Waals surface area contributed by atoms with Crippen molar-refractivity contribution in [3.05, 3.63) is 36.8 Å². The number of nitrogens with one attached hydrogen (secondary N) is 4. The monoisotopic (exact) mass is 727 g/mol. The van der Waals surface area contributed by atoms with E-state index >= 15 is 0 Å². The van der Waals surface area contributed by atoms with Crippen LogP contribution in [0, 0.1) is 29.1 Å². The quantitative estimate of drug-likeness (QED) is 0.0916. The van der Waals surface area contributed by atoms with Crippen LogP contribution < -0.4 is 21.3 Å². The van der Waals surface area contributed by atoms with Gasteiger partial charge in [0.1, 0.15) is 17.8 Å². The third-order valence-electron chi connectivity index (χ3n) is 10.2. The average molecular weight is 728 g/mol. The number of piperidine rings is 1. The molecule has 5 atom stereocenters. The normalized spacial score (nSPS) is 21.6. The van der Waals surface area contributed by atoms with E-state index in [0.29, 0.717) is 18.6 Å². The van der Waals surface area contributed by atoms with E-state index in [2.05, 4.69) is 33.8 Å². The predicted octanol–water partition coefficient (Wildman–Crippen LogP) is 3.98. The summed E-state index contributed by atoms with van der Waals surface area (Å²) < 4.78 is 18.6. The summed E-state index contributed by atoms with van der Waals surface area (Å²) in [6.45, 7) is 15.4. The maximum absolute atomic E-state index is 14.6. The Kier molecular flexibility index (Phi) is 14.8. The zero-order valence-electron chi connectivity index (χ0n) is 31.1. The molecule has 4 N–H and O–H groups in total. The van der Waals surface area contributed by atoms with Gasteiger partial charge in [0.05, 0.1) is 17.8 Å². The smallest absolute Gasteiger partial charge is 0.316 e. The molecule has 1 aromatic heterocycles. The standard InChI is InChI=1S/C38H57N5O7S/c1-9-11-17-28(30(44)33(46)39-20-10-2)40-32(45)29-22-37(7,8)26(3)23-43(29)34(47)31(36(4,5)6)41-35(48)42-38(18-13-12-14-19-38)25-51(49)24-27-16-15-21-50-27/h1,10,15-16,21,26,28-29,31H,2,11-14,17-20,22-25H2,3-8H3,(H,39,46)(H,40,45)(H2,41,42,48)/t26?,28?,29-,31+,51?/m0/s1. The van der Waals surface area contributed by atoms with Crippen LogP contribution in [0.15, 0.2) is 35.5 Å². The molecule has 3 rings (SSSR count). The third-order valence-corrected chi connectivity index (χ3v) is 11.7. The molecule has 1 aliphatic carbocycles. The van der Waals surface area contributed by atoms with Gasteiger partial charge in [0, 0.05) is 19.5 Å². The first-order valence-electron chi connectivity index (χ1n) is 17.9. The Hall–Kier alpha value is -3.76. The fraction of sp³-hybridized carbons (Fsp3) is 0.658. The molecule has 2 heterocycles. The van der Waals surface area contributed by atoms with Gasteiger partial charge in [-0.05, 0) is 65.7 Å². The molecule has 12 nitrogen and oxygen atoms in total. The number of carbonyl (C=O) groups is 5. The largest absolute Gasteiger partial charge is 0.616 e. The molecule has 0 spiro atoms. The summed E-state index contributed by atoms with van der Waals surface area (Å²) in [6.07, 6.45) is 13.0.